The molecule has 0 aliphatic rings. The highest BCUT2D eigenvalue weighted by Gasteiger charge is 2.24. The lowest BCUT2D eigenvalue weighted by Gasteiger charge is -2.24. The first-order valence-corrected chi connectivity index (χ1v) is 6.88. The topological polar surface area (TPSA) is 92.4 Å². The molecule has 4 N–H and O–H groups in total. The molecule has 1 heterocycles. The summed E-state index contributed by atoms with van der Waals surface area (Å²) in [5, 5.41) is 11.5. The van der Waals surface area contributed by atoms with Crippen molar-refractivity contribution in [3.63, 3.8) is 0 Å². The fourth-order valence-electron chi connectivity index (χ4n) is 1.69. The maximum atomic E-state index is 12.1. The van der Waals surface area contributed by atoms with Crippen LogP contribution in [0.4, 0.5) is 0 Å². The van der Waals surface area contributed by atoms with Crippen molar-refractivity contribution in [2.75, 3.05) is 6.61 Å². The van der Waals surface area contributed by atoms with E-state index in [1.807, 2.05) is 6.92 Å². The third-order valence-corrected chi connectivity index (χ3v) is 3.64. The molecule has 1 rings (SSSR count). The monoisotopic (exact) mass is 294 g/mol. The van der Waals surface area contributed by atoms with Crippen LogP contribution in [-0.4, -0.2) is 29.1 Å². The average Bonchev–Trinajstić information content (AvgIpc) is 2.65. The second kappa shape index (κ2) is 6.55. The van der Waals surface area contributed by atoms with E-state index in [4.69, 9.17) is 10.8 Å². The van der Waals surface area contributed by atoms with Gasteiger partial charge in [-0.15, -0.1) is 11.3 Å². The van der Waals surface area contributed by atoms with Gasteiger partial charge in [0, 0.05) is 12.0 Å². The summed E-state index contributed by atoms with van der Waals surface area (Å²) < 4.78 is 0. The molecule has 20 heavy (non-hydrogen) atoms. The van der Waals surface area contributed by atoms with Gasteiger partial charge in [0.2, 0.25) is 5.91 Å². The second-order valence-electron chi connectivity index (χ2n) is 5.06. The van der Waals surface area contributed by atoms with Crippen LogP contribution in [0.5, 0.6) is 0 Å². The number of thiophene rings is 1. The zero-order valence-corrected chi connectivity index (χ0v) is 12.6. The molecule has 0 aromatic carbocycles. The molecule has 0 bridgehead atoms. The van der Waals surface area contributed by atoms with Crippen LogP contribution in [0.25, 0.3) is 0 Å². The summed E-state index contributed by atoms with van der Waals surface area (Å²) in [6, 6.07) is 1.74. The Balaban J connectivity index is 2.85. The fourth-order valence-corrected chi connectivity index (χ4v) is 2.63. The third-order valence-electron chi connectivity index (χ3n) is 2.49. The summed E-state index contributed by atoms with van der Waals surface area (Å²) in [5.74, 6) is 4.62. The fraction of sp³-hybridized carbons (Fsp3) is 0.429. The van der Waals surface area contributed by atoms with Gasteiger partial charge < -0.3 is 16.2 Å². The number of aryl methyl sites for hydroxylation is 1. The van der Waals surface area contributed by atoms with Crippen LogP contribution in [0.1, 0.15) is 40.4 Å². The molecule has 108 valence electrons. The van der Waals surface area contributed by atoms with Crippen molar-refractivity contribution in [3.8, 4) is 11.8 Å². The number of primary amides is 1. The summed E-state index contributed by atoms with van der Waals surface area (Å²) in [6.45, 7) is 5.11. The van der Waals surface area contributed by atoms with Crippen molar-refractivity contribution >= 4 is 23.2 Å². The van der Waals surface area contributed by atoms with Gasteiger partial charge in [-0.25, -0.2) is 0 Å². The van der Waals surface area contributed by atoms with E-state index in [0.29, 0.717) is 4.88 Å². The van der Waals surface area contributed by atoms with Crippen molar-refractivity contribution in [3.05, 3.63) is 21.4 Å². The Hall–Kier alpha value is -1.84. The van der Waals surface area contributed by atoms with Crippen molar-refractivity contribution in [1.82, 2.24) is 5.32 Å². The lowest BCUT2D eigenvalue weighted by atomic mass is 10.0. The largest absolute Gasteiger partial charge is 0.384 e. The van der Waals surface area contributed by atoms with Gasteiger partial charge in [-0.1, -0.05) is 11.8 Å². The van der Waals surface area contributed by atoms with E-state index in [-0.39, 0.29) is 18.9 Å². The number of hydrogen-bond donors (Lipinski definition) is 3. The molecule has 0 saturated carbocycles. The quantitative estimate of drug-likeness (QED) is 0.717. The first kappa shape index (κ1) is 16.2. The highest BCUT2D eigenvalue weighted by molar-refractivity contribution is 7.14. The molecular formula is C14H18N2O3S. The van der Waals surface area contributed by atoms with Crippen LogP contribution in [0.15, 0.2) is 6.07 Å². The molecule has 0 spiro atoms. The van der Waals surface area contributed by atoms with Crippen LogP contribution in [0.2, 0.25) is 0 Å². The second-order valence-corrected chi connectivity index (χ2v) is 6.12. The van der Waals surface area contributed by atoms with Crippen LogP contribution in [0, 0.1) is 18.8 Å². The summed E-state index contributed by atoms with van der Waals surface area (Å²) >= 11 is 1.25. The molecule has 0 saturated heterocycles. The number of aliphatic hydroxyl groups is 1. The van der Waals surface area contributed by atoms with E-state index in [1.165, 1.54) is 11.3 Å². The number of carbonyl (C=O) groups excluding carboxylic acids is 2. The zero-order valence-electron chi connectivity index (χ0n) is 11.7. The molecule has 0 aliphatic carbocycles. The van der Waals surface area contributed by atoms with Gasteiger partial charge in [0.05, 0.1) is 9.75 Å². The van der Waals surface area contributed by atoms with Crippen molar-refractivity contribution in [2.24, 2.45) is 5.73 Å². The molecule has 1 aromatic heterocycles. The Morgan fingerprint density at radius 1 is 1.50 bits per heavy atom. The standard InChI is InChI=1S/C14H18N2O3S/c1-9-7-11(20-10(9)5-4-6-17)13(19)16-14(2,3)8-12(15)18/h7,17H,6,8H2,1-3H3,(H2,15,18)(H,16,19). The predicted octanol–water partition coefficient (Wildman–Crippen LogP) is 0.784. The minimum Gasteiger partial charge on any atom is -0.384 e. The van der Waals surface area contributed by atoms with Crippen molar-refractivity contribution < 1.29 is 14.7 Å². The summed E-state index contributed by atoms with van der Waals surface area (Å²) in [5.41, 5.74) is 5.33. The Kier molecular flexibility index (Phi) is 5.31. The zero-order chi connectivity index (χ0) is 15.3. The highest BCUT2D eigenvalue weighted by Crippen LogP contribution is 2.22. The normalized spacial score (nSPS) is 10.6. The molecule has 0 fully saturated rings. The molecule has 5 nitrogen and oxygen atoms in total. The molecule has 2 amide bonds. The van der Waals surface area contributed by atoms with Gasteiger partial charge in [0.1, 0.15) is 6.61 Å². The molecule has 6 heteroatoms. The average molecular weight is 294 g/mol. The van der Waals surface area contributed by atoms with E-state index in [1.54, 1.807) is 19.9 Å². The van der Waals surface area contributed by atoms with E-state index < -0.39 is 11.4 Å². The first-order chi connectivity index (χ1) is 9.25. The van der Waals surface area contributed by atoms with Crippen LogP contribution < -0.4 is 11.1 Å². The number of rotatable bonds is 4. The lowest BCUT2D eigenvalue weighted by molar-refractivity contribution is -0.119. The Morgan fingerprint density at radius 3 is 2.70 bits per heavy atom. The number of nitrogens with two attached hydrogens (primary N) is 1. The van der Waals surface area contributed by atoms with E-state index >= 15 is 0 Å². The van der Waals surface area contributed by atoms with E-state index in [9.17, 15) is 9.59 Å². The Bertz CT molecular complexity index is 579. The number of hydrogen-bond acceptors (Lipinski definition) is 4. The van der Waals surface area contributed by atoms with Crippen molar-refractivity contribution in [2.45, 2.75) is 32.7 Å². The number of aliphatic hydroxyl groups excluding tert-OH is 1. The number of nitrogens with one attached hydrogen (secondary N) is 1. The van der Waals surface area contributed by atoms with Gasteiger partial charge in [-0.2, -0.15) is 0 Å². The lowest BCUT2D eigenvalue weighted by Crippen LogP contribution is -2.45. The smallest absolute Gasteiger partial charge is 0.261 e. The minimum absolute atomic E-state index is 0.0697. The van der Waals surface area contributed by atoms with Gasteiger partial charge in [-0.05, 0) is 32.4 Å². The molecule has 1 aromatic rings. The number of carbonyl (C=O) groups is 2. The molecule has 0 unspecified atom stereocenters. The van der Waals surface area contributed by atoms with E-state index in [0.717, 1.165) is 10.4 Å². The van der Waals surface area contributed by atoms with Crippen molar-refractivity contribution in [1.29, 1.82) is 0 Å². The van der Waals surface area contributed by atoms with Gasteiger partial charge in [0.25, 0.3) is 5.91 Å². The summed E-state index contributed by atoms with van der Waals surface area (Å²) in [4.78, 5) is 24.3. The molecular weight excluding hydrogens is 276 g/mol. The summed E-state index contributed by atoms with van der Waals surface area (Å²) in [7, 11) is 0. The molecule has 0 atom stereocenters. The maximum absolute atomic E-state index is 12.1. The SMILES string of the molecule is Cc1cc(C(=O)NC(C)(C)CC(N)=O)sc1C#CCO. The predicted molar refractivity (Wildman–Crippen MR) is 78.4 cm³/mol. The maximum Gasteiger partial charge on any atom is 0.261 e. The van der Waals surface area contributed by atoms with Crippen LogP contribution in [0.3, 0.4) is 0 Å². The first-order valence-electron chi connectivity index (χ1n) is 6.06. The van der Waals surface area contributed by atoms with Gasteiger partial charge >= 0.3 is 0 Å². The molecule has 0 radical (unpaired) electrons. The number of amides is 2. The van der Waals surface area contributed by atoms with Crippen LogP contribution >= 0.6 is 11.3 Å². The summed E-state index contributed by atoms with van der Waals surface area (Å²) in [6.07, 6.45) is 0.0697. The van der Waals surface area contributed by atoms with Gasteiger partial charge in [0.15, 0.2) is 0 Å². The Labute approximate surface area is 122 Å². The third kappa shape index (κ3) is 4.68. The van der Waals surface area contributed by atoms with Crippen LogP contribution in [-0.2, 0) is 4.79 Å². The molecule has 0 aliphatic heterocycles. The minimum atomic E-state index is -0.697. The highest BCUT2D eigenvalue weighted by atomic mass is 32.1. The Morgan fingerprint density at radius 2 is 2.15 bits per heavy atom. The van der Waals surface area contributed by atoms with Gasteiger partial charge in [-0.3, -0.25) is 9.59 Å². The van der Waals surface area contributed by atoms with E-state index in [2.05, 4.69) is 17.2 Å².